The lowest BCUT2D eigenvalue weighted by Gasteiger charge is -2.23. The number of rotatable bonds is 16. The molecule has 0 aromatic carbocycles. The number of amides is 5. The van der Waals surface area contributed by atoms with Crippen LogP contribution >= 0.6 is 0 Å². The van der Waals surface area contributed by atoms with Crippen molar-refractivity contribution < 1.29 is 53.7 Å². The monoisotopic (exact) mass is 490 g/mol. The van der Waals surface area contributed by atoms with Gasteiger partial charge in [0.15, 0.2) is 0 Å². The van der Waals surface area contributed by atoms with Gasteiger partial charge in [0.25, 0.3) is 0 Å². The molecule has 17 heteroatoms. The van der Waals surface area contributed by atoms with Crippen LogP contribution < -0.4 is 33.2 Å². The quantitative estimate of drug-likeness (QED) is 0.0981. The Labute approximate surface area is 191 Å². The molecule has 190 valence electrons. The molecule has 0 aliphatic carbocycles. The molecule has 12 N–H and O–H groups in total. The molecule has 4 atom stereocenters. The first-order chi connectivity index (χ1) is 15.6. The van der Waals surface area contributed by atoms with Crippen molar-refractivity contribution in [3.63, 3.8) is 0 Å². The Morgan fingerprint density at radius 1 is 0.618 bits per heavy atom. The summed E-state index contributed by atoms with van der Waals surface area (Å²) in [5, 5.41) is 32.8. The number of hydrogen-bond donors (Lipinski definition) is 9. The highest BCUT2D eigenvalue weighted by molar-refractivity contribution is 5.97. The summed E-state index contributed by atoms with van der Waals surface area (Å²) in [6.07, 6.45) is -3.40. The number of carbonyl (C=O) groups is 8. The maximum absolute atomic E-state index is 12.5. The Balaban J connectivity index is 5.54. The molecule has 0 rings (SSSR count). The zero-order valence-electron chi connectivity index (χ0n) is 17.7. The van der Waals surface area contributed by atoms with Crippen molar-refractivity contribution in [3.05, 3.63) is 0 Å². The van der Waals surface area contributed by atoms with Gasteiger partial charge < -0.3 is 48.5 Å². The van der Waals surface area contributed by atoms with Crippen molar-refractivity contribution in [3.8, 4) is 0 Å². The fourth-order valence-corrected chi connectivity index (χ4v) is 2.42. The fraction of sp³-hybridized carbons (Fsp3) is 0.529. The maximum atomic E-state index is 12.5. The van der Waals surface area contributed by atoms with Crippen LogP contribution in [0.4, 0.5) is 0 Å². The Hall–Kier alpha value is -4.28. The largest absolute Gasteiger partial charge is 0.481 e. The van der Waals surface area contributed by atoms with Crippen LogP contribution in [0.2, 0.25) is 0 Å². The van der Waals surface area contributed by atoms with E-state index in [2.05, 4.69) is 0 Å². The van der Waals surface area contributed by atoms with E-state index in [1.54, 1.807) is 0 Å². The van der Waals surface area contributed by atoms with Gasteiger partial charge in [0, 0.05) is 6.42 Å². The Morgan fingerprint density at radius 2 is 1.03 bits per heavy atom. The van der Waals surface area contributed by atoms with Gasteiger partial charge in [-0.25, -0.2) is 4.79 Å². The Morgan fingerprint density at radius 3 is 1.38 bits per heavy atom. The molecular formula is C17H26N6O11. The molecule has 0 aliphatic rings. The van der Waals surface area contributed by atoms with Crippen molar-refractivity contribution in [2.24, 2.45) is 17.2 Å². The summed E-state index contributed by atoms with van der Waals surface area (Å²) in [4.78, 5) is 92.1. The van der Waals surface area contributed by atoms with Crippen LogP contribution in [-0.2, 0) is 38.4 Å². The number of hydrogen-bond acceptors (Lipinski definition) is 9. The third-order valence-electron chi connectivity index (χ3n) is 4.08. The molecule has 0 spiro atoms. The Bertz CT molecular complexity index is 846. The number of primary amides is 2. The molecule has 0 fully saturated rings. The summed E-state index contributed by atoms with van der Waals surface area (Å²) >= 11 is 0. The maximum Gasteiger partial charge on any atom is 0.326 e. The molecule has 4 unspecified atom stereocenters. The number of nitrogens with one attached hydrogen (secondary N) is 3. The second kappa shape index (κ2) is 14.0. The van der Waals surface area contributed by atoms with Gasteiger partial charge in [0.05, 0.1) is 25.3 Å². The predicted molar refractivity (Wildman–Crippen MR) is 108 cm³/mol. The van der Waals surface area contributed by atoms with E-state index in [-0.39, 0.29) is 12.8 Å². The van der Waals surface area contributed by atoms with E-state index in [1.165, 1.54) is 0 Å². The first kappa shape index (κ1) is 29.7. The van der Waals surface area contributed by atoms with Gasteiger partial charge in [-0.2, -0.15) is 0 Å². The molecule has 34 heavy (non-hydrogen) atoms. The molecule has 0 radical (unpaired) electrons. The van der Waals surface area contributed by atoms with E-state index in [4.69, 9.17) is 32.5 Å². The number of carboxylic acids is 3. The summed E-state index contributed by atoms with van der Waals surface area (Å²) in [7, 11) is 0. The first-order valence-electron chi connectivity index (χ1n) is 9.53. The van der Waals surface area contributed by atoms with E-state index in [9.17, 15) is 38.4 Å². The normalized spacial score (nSPS) is 13.9. The number of aliphatic carboxylic acids is 3. The van der Waals surface area contributed by atoms with Crippen LogP contribution in [0.15, 0.2) is 0 Å². The molecule has 0 saturated heterocycles. The smallest absolute Gasteiger partial charge is 0.326 e. The average molecular weight is 490 g/mol. The van der Waals surface area contributed by atoms with Crippen LogP contribution in [0, 0.1) is 0 Å². The summed E-state index contributed by atoms with van der Waals surface area (Å²) in [5.74, 6) is -10.4. The van der Waals surface area contributed by atoms with Crippen LogP contribution in [0.1, 0.15) is 32.1 Å². The van der Waals surface area contributed by atoms with E-state index < -0.39 is 90.9 Å². The van der Waals surface area contributed by atoms with Crippen LogP contribution in [-0.4, -0.2) is 86.9 Å². The molecule has 5 amide bonds. The lowest BCUT2D eigenvalue weighted by atomic mass is 10.1. The lowest BCUT2D eigenvalue weighted by Crippen LogP contribution is -2.58. The highest BCUT2D eigenvalue weighted by Crippen LogP contribution is 2.02. The van der Waals surface area contributed by atoms with Gasteiger partial charge in [-0.15, -0.1) is 0 Å². The standard InChI is InChI=1S/C17H26N6O11/c18-6(1-2-10(19)24)14(30)21-7(4-12(26)27)15(31)22-8(5-13(28)29)16(32)23-9(17(33)34)3-11(20)25/h6-9H,1-5,18H2,(H2,19,24)(H2,20,25)(H,21,30)(H,22,31)(H,23,32)(H,26,27)(H,28,29)(H,33,34). The van der Waals surface area contributed by atoms with E-state index in [0.717, 1.165) is 0 Å². The summed E-state index contributed by atoms with van der Waals surface area (Å²) in [6.45, 7) is 0. The van der Waals surface area contributed by atoms with Crippen molar-refractivity contribution >= 4 is 47.4 Å². The van der Waals surface area contributed by atoms with E-state index in [1.807, 2.05) is 16.0 Å². The predicted octanol–water partition coefficient (Wildman–Crippen LogP) is -5.06. The van der Waals surface area contributed by atoms with Crippen molar-refractivity contribution in [1.29, 1.82) is 0 Å². The van der Waals surface area contributed by atoms with Gasteiger partial charge in [-0.05, 0) is 6.42 Å². The van der Waals surface area contributed by atoms with Crippen LogP contribution in [0.3, 0.4) is 0 Å². The number of carbonyl (C=O) groups excluding carboxylic acids is 5. The van der Waals surface area contributed by atoms with Crippen molar-refractivity contribution in [2.75, 3.05) is 0 Å². The molecule has 17 nitrogen and oxygen atoms in total. The third-order valence-corrected chi connectivity index (χ3v) is 4.08. The molecule has 0 aromatic rings. The van der Waals surface area contributed by atoms with Crippen molar-refractivity contribution in [1.82, 2.24) is 16.0 Å². The minimum absolute atomic E-state index is 0.219. The fourth-order valence-electron chi connectivity index (χ4n) is 2.42. The zero-order chi connectivity index (χ0) is 26.6. The zero-order valence-corrected chi connectivity index (χ0v) is 17.7. The summed E-state index contributed by atoms with van der Waals surface area (Å²) < 4.78 is 0. The topological polar surface area (TPSA) is 311 Å². The minimum Gasteiger partial charge on any atom is -0.481 e. The van der Waals surface area contributed by atoms with Crippen LogP contribution in [0.5, 0.6) is 0 Å². The van der Waals surface area contributed by atoms with E-state index >= 15 is 0 Å². The Kier molecular flexibility index (Phi) is 12.2. The molecule has 0 heterocycles. The minimum atomic E-state index is -1.92. The van der Waals surface area contributed by atoms with Crippen molar-refractivity contribution in [2.45, 2.75) is 56.3 Å². The van der Waals surface area contributed by atoms with Gasteiger partial charge >= 0.3 is 17.9 Å². The SMILES string of the molecule is NC(=O)CCC(N)C(=O)NC(CC(=O)O)C(=O)NC(CC(=O)O)C(=O)NC(CC(N)=O)C(=O)O. The van der Waals surface area contributed by atoms with Gasteiger partial charge in [-0.1, -0.05) is 0 Å². The lowest BCUT2D eigenvalue weighted by molar-refractivity contribution is -0.145. The molecule has 0 saturated carbocycles. The van der Waals surface area contributed by atoms with Crippen LogP contribution in [0.25, 0.3) is 0 Å². The van der Waals surface area contributed by atoms with E-state index in [0.29, 0.717) is 0 Å². The highest BCUT2D eigenvalue weighted by atomic mass is 16.4. The molecular weight excluding hydrogens is 464 g/mol. The summed E-state index contributed by atoms with van der Waals surface area (Å²) in [6, 6.07) is -6.93. The molecule has 0 aliphatic heterocycles. The van der Waals surface area contributed by atoms with Gasteiger partial charge in [0.2, 0.25) is 29.5 Å². The second-order valence-electron chi connectivity index (χ2n) is 7.00. The molecule has 0 aromatic heterocycles. The first-order valence-corrected chi connectivity index (χ1v) is 9.53. The highest BCUT2D eigenvalue weighted by Gasteiger charge is 2.33. The van der Waals surface area contributed by atoms with Gasteiger partial charge in [-0.3, -0.25) is 33.6 Å². The molecule has 0 bridgehead atoms. The second-order valence-corrected chi connectivity index (χ2v) is 7.00. The average Bonchev–Trinajstić information content (AvgIpc) is 2.68. The number of carboxylic acid groups (broad SMARTS) is 3. The third kappa shape index (κ3) is 11.9. The van der Waals surface area contributed by atoms with Gasteiger partial charge in [0.1, 0.15) is 18.1 Å². The number of nitrogens with two attached hydrogens (primary N) is 3. The summed E-state index contributed by atoms with van der Waals surface area (Å²) in [5.41, 5.74) is 15.4.